The first-order chi connectivity index (χ1) is 9.22. The van der Waals surface area contributed by atoms with E-state index in [4.69, 9.17) is 10.2 Å². The molecule has 0 aromatic heterocycles. The molecule has 1 fully saturated rings. The number of amides is 1. The van der Waals surface area contributed by atoms with Crippen molar-refractivity contribution in [1.82, 2.24) is 9.80 Å². The predicted molar refractivity (Wildman–Crippen MR) is 74.9 cm³/mol. The Balaban J connectivity index is 2.51. The molecule has 0 radical (unpaired) electrons. The predicted octanol–water partition coefficient (Wildman–Crippen LogP) is 0.454. The third-order valence-electron chi connectivity index (χ3n) is 3.87. The Kier molecular flexibility index (Phi) is 8.02. The quantitative estimate of drug-likeness (QED) is 0.673. The molecule has 0 spiro atoms. The van der Waals surface area contributed by atoms with Crippen molar-refractivity contribution in [1.29, 1.82) is 0 Å². The second-order valence-electron chi connectivity index (χ2n) is 5.19. The van der Waals surface area contributed by atoms with Crippen molar-refractivity contribution in [2.24, 2.45) is 0 Å². The highest BCUT2D eigenvalue weighted by molar-refractivity contribution is 5.78. The smallest absolute Gasteiger partial charge is 0.236 e. The number of nitrogens with zero attached hydrogens (tertiary/aromatic N) is 2. The average Bonchev–Trinajstić information content (AvgIpc) is 2.41. The fourth-order valence-corrected chi connectivity index (χ4v) is 2.87. The molecule has 1 amide bonds. The van der Waals surface area contributed by atoms with Gasteiger partial charge in [-0.2, -0.15) is 0 Å². The van der Waals surface area contributed by atoms with Crippen molar-refractivity contribution in [2.45, 2.75) is 45.1 Å². The molecule has 19 heavy (non-hydrogen) atoms. The van der Waals surface area contributed by atoms with Gasteiger partial charge in [0.25, 0.3) is 0 Å². The van der Waals surface area contributed by atoms with E-state index in [0.717, 1.165) is 19.4 Å². The Labute approximate surface area is 116 Å². The minimum absolute atomic E-state index is 0.0167. The molecule has 0 aromatic rings. The maximum Gasteiger partial charge on any atom is 0.236 e. The minimum Gasteiger partial charge on any atom is -0.395 e. The van der Waals surface area contributed by atoms with E-state index in [9.17, 15) is 4.79 Å². The van der Waals surface area contributed by atoms with Crippen molar-refractivity contribution in [3.05, 3.63) is 0 Å². The summed E-state index contributed by atoms with van der Waals surface area (Å²) in [5, 5.41) is 17.9. The van der Waals surface area contributed by atoms with E-state index in [1.807, 2.05) is 16.7 Å². The van der Waals surface area contributed by atoms with E-state index in [0.29, 0.717) is 25.7 Å². The SMILES string of the molecule is CCN(C(=O)CN(CCO)CCO)C1CCCCC1. The van der Waals surface area contributed by atoms with Crippen molar-refractivity contribution in [2.75, 3.05) is 39.4 Å². The number of likely N-dealkylation sites (N-methyl/N-ethyl adjacent to an activating group) is 1. The highest BCUT2D eigenvalue weighted by Gasteiger charge is 2.25. The second-order valence-corrected chi connectivity index (χ2v) is 5.19. The first kappa shape index (κ1) is 16.4. The molecule has 1 saturated carbocycles. The average molecular weight is 272 g/mol. The van der Waals surface area contributed by atoms with Crippen molar-refractivity contribution >= 4 is 5.91 Å². The number of carbonyl (C=O) groups excluding carboxylic acids is 1. The van der Waals surface area contributed by atoms with Gasteiger partial charge in [-0.3, -0.25) is 9.69 Å². The molecule has 2 N–H and O–H groups in total. The van der Waals surface area contributed by atoms with Crippen LogP contribution in [0.25, 0.3) is 0 Å². The lowest BCUT2D eigenvalue weighted by molar-refractivity contribution is -0.135. The highest BCUT2D eigenvalue weighted by atomic mass is 16.3. The summed E-state index contributed by atoms with van der Waals surface area (Å²) >= 11 is 0. The van der Waals surface area contributed by atoms with Gasteiger partial charge in [0.1, 0.15) is 0 Å². The van der Waals surface area contributed by atoms with Crippen LogP contribution in [0.3, 0.4) is 0 Å². The van der Waals surface area contributed by atoms with Gasteiger partial charge in [-0.1, -0.05) is 19.3 Å². The first-order valence-corrected chi connectivity index (χ1v) is 7.46. The highest BCUT2D eigenvalue weighted by Crippen LogP contribution is 2.22. The molecule has 112 valence electrons. The van der Waals surface area contributed by atoms with Gasteiger partial charge < -0.3 is 15.1 Å². The number of carbonyl (C=O) groups is 1. The Bertz CT molecular complexity index is 249. The topological polar surface area (TPSA) is 64.0 Å². The molecule has 0 aliphatic heterocycles. The largest absolute Gasteiger partial charge is 0.395 e. The standard InChI is InChI=1S/C14H28N2O3/c1-2-16(13-6-4-3-5-7-13)14(19)12-15(8-10-17)9-11-18/h13,17-18H,2-12H2,1H3. The summed E-state index contributed by atoms with van der Waals surface area (Å²) < 4.78 is 0. The molecule has 0 saturated heterocycles. The maximum atomic E-state index is 12.4. The Morgan fingerprint density at radius 1 is 1.11 bits per heavy atom. The third-order valence-corrected chi connectivity index (χ3v) is 3.87. The molecule has 0 atom stereocenters. The van der Waals surface area contributed by atoms with Crippen LogP contribution in [0.2, 0.25) is 0 Å². The molecular formula is C14H28N2O3. The Hall–Kier alpha value is -0.650. The number of aliphatic hydroxyl groups excluding tert-OH is 2. The van der Waals surface area contributed by atoms with E-state index in [1.165, 1.54) is 19.3 Å². The van der Waals surface area contributed by atoms with Crippen LogP contribution in [0.4, 0.5) is 0 Å². The lowest BCUT2D eigenvalue weighted by atomic mass is 9.94. The molecule has 5 heteroatoms. The van der Waals surface area contributed by atoms with Gasteiger partial charge in [-0.25, -0.2) is 0 Å². The van der Waals surface area contributed by atoms with Gasteiger partial charge >= 0.3 is 0 Å². The molecule has 1 aliphatic carbocycles. The Morgan fingerprint density at radius 3 is 2.16 bits per heavy atom. The second kappa shape index (κ2) is 9.28. The molecule has 0 heterocycles. The summed E-state index contributed by atoms with van der Waals surface area (Å²) in [6.45, 7) is 3.98. The number of hydrogen-bond donors (Lipinski definition) is 2. The summed E-state index contributed by atoms with van der Waals surface area (Å²) in [6.07, 6.45) is 5.93. The normalized spacial score (nSPS) is 16.8. The van der Waals surface area contributed by atoms with E-state index in [-0.39, 0.29) is 19.1 Å². The zero-order valence-corrected chi connectivity index (χ0v) is 12.1. The summed E-state index contributed by atoms with van der Waals surface area (Å²) in [5.74, 6) is 0.122. The van der Waals surface area contributed by atoms with Crippen molar-refractivity contribution < 1.29 is 15.0 Å². The van der Waals surface area contributed by atoms with Crippen LogP contribution >= 0.6 is 0 Å². The van der Waals surface area contributed by atoms with Crippen LogP contribution in [-0.2, 0) is 4.79 Å². The number of rotatable bonds is 8. The van der Waals surface area contributed by atoms with Crippen LogP contribution < -0.4 is 0 Å². The third kappa shape index (κ3) is 5.47. The van der Waals surface area contributed by atoms with Crippen LogP contribution in [0.5, 0.6) is 0 Å². The number of hydrogen-bond acceptors (Lipinski definition) is 4. The molecule has 0 bridgehead atoms. The summed E-state index contributed by atoms with van der Waals surface area (Å²) in [5.41, 5.74) is 0. The maximum absolute atomic E-state index is 12.4. The first-order valence-electron chi connectivity index (χ1n) is 7.46. The molecular weight excluding hydrogens is 244 g/mol. The van der Waals surface area contributed by atoms with Crippen molar-refractivity contribution in [3.8, 4) is 0 Å². The zero-order chi connectivity index (χ0) is 14.1. The van der Waals surface area contributed by atoms with Crippen LogP contribution in [0, 0.1) is 0 Å². The monoisotopic (exact) mass is 272 g/mol. The zero-order valence-electron chi connectivity index (χ0n) is 12.1. The molecule has 5 nitrogen and oxygen atoms in total. The van der Waals surface area contributed by atoms with Crippen LogP contribution in [-0.4, -0.2) is 71.4 Å². The van der Waals surface area contributed by atoms with Gasteiger partial charge in [-0.15, -0.1) is 0 Å². The lowest BCUT2D eigenvalue weighted by Gasteiger charge is -2.35. The Morgan fingerprint density at radius 2 is 1.68 bits per heavy atom. The van der Waals surface area contributed by atoms with Crippen molar-refractivity contribution in [3.63, 3.8) is 0 Å². The van der Waals surface area contributed by atoms with E-state index < -0.39 is 0 Å². The van der Waals surface area contributed by atoms with Gasteiger partial charge in [0.05, 0.1) is 19.8 Å². The van der Waals surface area contributed by atoms with E-state index >= 15 is 0 Å². The van der Waals surface area contributed by atoms with E-state index in [1.54, 1.807) is 0 Å². The summed E-state index contributed by atoms with van der Waals surface area (Å²) in [6, 6.07) is 0.386. The number of aliphatic hydroxyl groups is 2. The van der Waals surface area contributed by atoms with Gasteiger partial charge in [0.2, 0.25) is 5.91 Å². The molecule has 1 aliphatic rings. The fraction of sp³-hybridized carbons (Fsp3) is 0.929. The summed E-state index contributed by atoms with van der Waals surface area (Å²) in [7, 11) is 0. The van der Waals surface area contributed by atoms with Gasteiger partial charge in [0.15, 0.2) is 0 Å². The van der Waals surface area contributed by atoms with E-state index in [2.05, 4.69) is 0 Å². The fourth-order valence-electron chi connectivity index (χ4n) is 2.87. The van der Waals surface area contributed by atoms with Crippen LogP contribution in [0.15, 0.2) is 0 Å². The van der Waals surface area contributed by atoms with Gasteiger partial charge in [0, 0.05) is 25.7 Å². The minimum atomic E-state index is 0.0167. The lowest BCUT2D eigenvalue weighted by Crippen LogP contribution is -2.47. The molecule has 1 rings (SSSR count). The molecule has 0 aromatic carbocycles. The summed E-state index contributed by atoms with van der Waals surface area (Å²) in [4.78, 5) is 16.1. The molecule has 0 unspecified atom stereocenters. The van der Waals surface area contributed by atoms with Gasteiger partial charge in [-0.05, 0) is 19.8 Å². The van der Waals surface area contributed by atoms with Crippen LogP contribution in [0.1, 0.15) is 39.0 Å².